The van der Waals surface area contributed by atoms with E-state index in [2.05, 4.69) is 9.88 Å². The van der Waals surface area contributed by atoms with Crippen LogP contribution in [0.5, 0.6) is 0 Å². The van der Waals surface area contributed by atoms with Crippen LogP contribution in [-0.4, -0.2) is 39.9 Å². The summed E-state index contributed by atoms with van der Waals surface area (Å²) < 4.78 is 0. The zero-order valence-electron chi connectivity index (χ0n) is 11.5. The lowest BCUT2D eigenvalue weighted by molar-refractivity contribution is -0.0612. The fourth-order valence-corrected chi connectivity index (χ4v) is 3.54. The number of hydrogen-bond acceptors (Lipinski definition) is 4. The van der Waals surface area contributed by atoms with Gasteiger partial charge in [-0.3, -0.25) is 0 Å². The minimum atomic E-state index is -1.00. The molecule has 2 atom stereocenters. The summed E-state index contributed by atoms with van der Waals surface area (Å²) in [5.41, 5.74) is 0.467. The monoisotopic (exact) mass is 276 g/mol. The number of piperidine rings is 1. The first-order valence-corrected chi connectivity index (χ1v) is 7.25. The molecule has 20 heavy (non-hydrogen) atoms. The highest BCUT2D eigenvalue weighted by Crippen LogP contribution is 2.40. The quantitative estimate of drug-likeness (QED) is 0.863. The predicted molar refractivity (Wildman–Crippen MR) is 74.9 cm³/mol. The smallest absolute Gasteiger partial charge is 0.354 e. The van der Waals surface area contributed by atoms with Gasteiger partial charge < -0.3 is 15.1 Å². The summed E-state index contributed by atoms with van der Waals surface area (Å²) in [7, 11) is 0. The Hall–Kier alpha value is -1.62. The van der Waals surface area contributed by atoms with E-state index in [-0.39, 0.29) is 5.69 Å². The molecule has 5 heteroatoms. The topological polar surface area (TPSA) is 73.7 Å². The summed E-state index contributed by atoms with van der Waals surface area (Å²) >= 11 is 0. The fourth-order valence-electron chi connectivity index (χ4n) is 3.54. The van der Waals surface area contributed by atoms with E-state index < -0.39 is 11.6 Å². The summed E-state index contributed by atoms with van der Waals surface area (Å²) in [6.07, 6.45) is 6.57. The molecule has 2 N–H and O–H groups in total. The highest BCUT2D eigenvalue weighted by Gasteiger charge is 2.42. The van der Waals surface area contributed by atoms with Crippen LogP contribution in [0.4, 0.5) is 5.69 Å². The van der Waals surface area contributed by atoms with Crippen LogP contribution in [0, 0.1) is 5.92 Å². The number of carbonyl (C=O) groups is 1. The minimum absolute atomic E-state index is 0.0759. The maximum atomic E-state index is 11.0. The van der Waals surface area contributed by atoms with Gasteiger partial charge in [-0.2, -0.15) is 0 Å². The molecule has 1 aromatic rings. The number of aromatic carboxylic acids is 1. The summed E-state index contributed by atoms with van der Waals surface area (Å²) in [5.74, 6) is -0.704. The number of carboxylic acid groups (broad SMARTS) is 1. The Bertz CT molecular complexity index is 520. The Morgan fingerprint density at radius 1 is 1.40 bits per heavy atom. The summed E-state index contributed by atoms with van der Waals surface area (Å²) in [6, 6.07) is 3.47. The van der Waals surface area contributed by atoms with Gasteiger partial charge in [0.25, 0.3) is 0 Å². The van der Waals surface area contributed by atoms with Crippen molar-refractivity contribution in [2.24, 2.45) is 5.92 Å². The van der Waals surface area contributed by atoms with E-state index >= 15 is 0 Å². The lowest BCUT2D eigenvalue weighted by Gasteiger charge is -2.48. The van der Waals surface area contributed by atoms with Crippen molar-refractivity contribution in [2.45, 2.75) is 37.7 Å². The molecule has 2 unspecified atom stereocenters. The third-order valence-corrected chi connectivity index (χ3v) is 4.76. The molecule has 2 heterocycles. The molecule has 108 valence electrons. The van der Waals surface area contributed by atoms with Crippen LogP contribution in [0.3, 0.4) is 0 Å². The second-order valence-electron chi connectivity index (χ2n) is 5.95. The zero-order chi connectivity index (χ0) is 14.2. The van der Waals surface area contributed by atoms with E-state index in [0.29, 0.717) is 5.92 Å². The van der Waals surface area contributed by atoms with E-state index in [9.17, 15) is 9.90 Å². The maximum absolute atomic E-state index is 11.0. The molecule has 0 spiro atoms. The Balaban J connectivity index is 1.79. The Kier molecular flexibility index (Phi) is 3.38. The van der Waals surface area contributed by atoms with E-state index in [4.69, 9.17) is 5.11 Å². The van der Waals surface area contributed by atoms with Gasteiger partial charge in [-0.15, -0.1) is 0 Å². The highest BCUT2D eigenvalue weighted by molar-refractivity contribution is 5.86. The SMILES string of the molecule is O=C(O)c1cc(N2CCC3(O)CCCCC3C2)ccn1. The van der Waals surface area contributed by atoms with Crippen molar-refractivity contribution in [2.75, 3.05) is 18.0 Å². The molecule has 3 rings (SSSR count). The van der Waals surface area contributed by atoms with Gasteiger partial charge in [0, 0.05) is 30.9 Å². The largest absolute Gasteiger partial charge is 0.477 e. The van der Waals surface area contributed by atoms with Crippen molar-refractivity contribution < 1.29 is 15.0 Å². The van der Waals surface area contributed by atoms with Gasteiger partial charge in [-0.05, 0) is 31.4 Å². The van der Waals surface area contributed by atoms with E-state index in [1.165, 1.54) is 6.42 Å². The van der Waals surface area contributed by atoms with Crippen LogP contribution in [0.25, 0.3) is 0 Å². The van der Waals surface area contributed by atoms with Gasteiger partial charge in [-0.1, -0.05) is 12.8 Å². The molecule has 1 saturated heterocycles. The van der Waals surface area contributed by atoms with Crippen molar-refractivity contribution in [3.63, 3.8) is 0 Å². The normalized spacial score (nSPS) is 29.9. The van der Waals surface area contributed by atoms with Crippen molar-refractivity contribution >= 4 is 11.7 Å². The Morgan fingerprint density at radius 2 is 2.25 bits per heavy atom. The van der Waals surface area contributed by atoms with Gasteiger partial charge in [-0.25, -0.2) is 9.78 Å². The fraction of sp³-hybridized carbons (Fsp3) is 0.600. The molecule has 0 amide bonds. The van der Waals surface area contributed by atoms with Crippen LogP contribution in [0.2, 0.25) is 0 Å². The third-order valence-electron chi connectivity index (χ3n) is 4.76. The molecule has 1 aromatic heterocycles. The van der Waals surface area contributed by atoms with Crippen LogP contribution >= 0.6 is 0 Å². The number of aromatic nitrogens is 1. The van der Waals surface area contributed by atoms with Crippen LogP contribution in [0.1, 0.15) is 42.6 Å². The number of hydrogen-bond donors (Lipinski definition) is 2. The first-order chi connectivity index (χ1) is 9.58. The number of rotatable bonds is 2. The predicted octanol–water partition coefficient (Wildman–Crippen LogP) is 1.91. The number of anilines is 1. The molecular formula is C15H20N2O3. The second kappa shape index (κ2) is 5.05. The van der Waals surface area contributed by atoms with Gasteiger partial charge in [0.2, 0.25) is 0 Å². The first kappa shape index (κ1) is 13.4. The average molecular weight is 276 g/mol. The van der Waals surface area contributed by atoms with Gasteiger partial charge in [0.15, 0.2) is 0 Å². The molecule has 2 aliphatic rings. The molecule has 0 bridgehead atoms. The van der Waals surface area contributed by atoms with Gasteiger partial charge in [0.1, 0.15) is 5.69 Å². The number of carboxylic acids is 1. The minimum Gasteiger partial charge on any atom is -0.477 e. The molecule has 2 fully saturated rings. The van der Waals surface area contributed by atoms with E-state index in [1.54, 1.807) is 12.3 Å². The molecule has 5 nitrogen and oxygen atoms in total. The first-order valence-electron chi connectivity index (χ1n) is 7.25. The van der Waals surface area contributed by atoms with Crippen molar-refractivity contribution in [3.05, 3.63) is 24.0 Å². The third kappa shape index (κ3) is 2.38. The van der Waals surface area contributed by atoms with E-state index in [1.807, 2.05) is 6.07 Å². The number of fused-ring (bicyclic) bond motifs is 1. The van der Waals surface area contributed by atoms with Gasteiger partial charge >= 0.3 is 5.97 Å². The molecule has 1 saturated carbocycles. The Morgan fingerprint density at radius 3 is 3.05 bits per heavy atom. The molecular weight excluding hydrogens is 256 g/mol. The Labute approximate surface area is 118 Å². The van der Waals surface area contributed by atoms with Gasteiger partial charge in [0.05, 0.1) is 5.60 Å². The van der Waals surface area contributed by atoms with Crippen molar-refractivity contribution in [1.29, 1.82) is 0 Å². The van der Waals surface area contributed by atoms with E-state index in [0.717, 1.165) is 44.5 Å². The number of aliphatic hydroxyl groups is 1. The molecule has 0 aromatic carbocycles. The molecule has 1 aliphatic heterocycles. The van der Waals surface area contributed by atoms with Crippen molar-refractivity contribution in [1.82, 2.24) is 4.98 Å². The zero-order valence-corrected chi connectivity index (χ0v) is 11.5. The lowest BCUT2D eigenvalue weighted by Crippen LogP contribution is -2.53. The van der Waals surface area contributed by atoms with Crippen LogP contribution in [0.15, 0.2) is 18.3 Å². The highest BCUT2D eigenvalue weighted by atomic mass is 16.4. The second-order valence-corrected chi connectivity index (χ2v) is 5.95. The number of nitrogens with zero attached hydrogens (tertiary/aromatic N) is 2. The van der Waals surface area contributed by atoms with Crippen LogP contribution in [-0.2, 0) is 0 Å². The summed E-state index contributed by atoms with van der Waals surface area (Å²) in [4.78, 5) is 17.0. The van der Waals surface area contributed by atoms with Crippen molar-refractivity contribution in [3.8, 4) is 0 Å². The molecule has 1 aliphatic carbocycles. The van der Waals surface area contributed by atoms with Crippen LogP contribution < -0.4 is 4.90 Å². The standard InChI is InChI=1S/C15H20N2O3/c18-14(19)13-9-12(4-7-16-13)17-8-6-15(20)5-2-1-3-11(15)10-17/h4,7,9,11,20H,1-3,5-6,8,10H2,(H,18,19). The molecule has 0 radical (unpaired) electrons. The maximum Gasteiger partial charge on any atom is 0.354 e. The lowest BCUT2D eigenvalue weighted by atomic mass is 9.71. The summed E-state index contributed by atoms with van der Waals surface area (Å²) in [5, 5.41) is 19.7. The number of pyridine rings is 1. The summed E-state index contributed by atoms with van der Waals surface area (Å²) in [6.45, 7) is 1.58. The average Bonchev–Trinajstić information content (AvgIpc) is 2.46.